The van der Waals surface area contributed by atoms with E-state index in [1.807, 2.05) is 37.3 Å². The molecule has 1 aromatic heterocycles. The standard InChI is InChI=1S/C15H16Cl3N3O/c1-2-5-12(22)21-14(15(16,17)18)20-11-8-3-6-10-7-4-9-19-13(10)11/h3-4,6-9,14,20H,2,5H2,1H3,(H,21,22)/t14-/m0/s1. The van der Waals surface area contributed by atoms with Gasteiger partial charge in [-0.3, -0.25) is 9.78 Å². The van der Waals surface area contributed by atoms with E-state index in [0.29, 0.717) is 18.5 Å². The largest absolute Gasteiger partial charge is 0.360 e. The minimum Gasteiger partial charge on any atom is -0.360 e. The van der Waals surface area contributed by atoms with Crippen molar-refractivity contribution < 1.29 is 4.79 Å². The Morgan fingerprint density at radius 1 is 1.27 bits per heavy atom. The van der Waals surface area contributed by atoms with Crippen LogP contribution in [0.3, 0.4) is 0 Å². The molecule has 22 heavy (non-hydrogen) atoms. The number of aromatic nitrogens is 1. The van der Waals surface area contributed by atoms with E-state index in [1.54, 1.807) is 6.20 Å². The smallest absolute Gasteiger partial charge is 0.228 e. The average Bonchev–Trinajstić information content (AvgIpc) is 2.46. The highest BCUT2D eigenvalue weighted by molar-refractivity contribution is 6.68. The van der Waals surface area contributed by atoms with E-state index in [4.69, 9.17) is 34.8 Å². The Labute approximate surface area is 144 Å². The van der Waals surface area contributed by atoms with Crippen molar-refractivity contribution in [3.63, 3.8) is 0 Å². The van der Waals surface area contributed by atoms with Crippen molar-refractivity contribution in [1.29, 1.82) is 0 Å². The van der Waals surface area contributed by atoms with Crippen LogP contribution < -0.4 is 10.6 Å². The van der Waals surface area contributed by atoms with Crippen LogP contribution in [-0.4, -0.2) is 20.8 Å². The van der Waals surface area contributed by atoms with Crippen LogP contribution in [0.15, 0.2) is 36.5 Å². The molecule has 0 saturated carbocycles. The molecule has 7 heteroatoms. The first-order valence-corrected chi connectivity index (χ1v) is 8.01. The number of carbonyl (C=O) groups is 1. The second-order valence-electron chi connectivity index (χ2n) is 4.82. The molecular weight excluding hydrogens is 345 g/mol. The van der Waals surface area contributed by atoms with E-state index < -0.39 is 9.96 Å². The number of anilines is 1. The molecule has 0 aliphatic carbocycles. The van der Waals surface area contributed by atoms with E-state index >= 15 is 0 Å². The number of pyridine rings is 1. The Kier molecular flexibility index (Phi) is 5.73. The van der Waals surface area contributed by atoms with Crippen LogP contribution >= 0.6 is 34.8 Å². The minimum atomic E-state index is -1.69. The number of benzene rings is 1. The third-order valence-electron chi connectivity index (χ3n) is 3.04. The highest BCUT2D eigenvalue weighted by atomic mass is 35.6. The molecule has 0 saturated heterocycles. The molecule has 1 atom stereocenters. The molecule has 0 unspecified atom stereocenters. The van der Waals surface area contributed by atoms with E-state index in [1.165, 1.54) is 0 Å². The number of nitrogens with one attached hydrogen (secondary N) is 2. The molecule has 1 amide bonds. The van der Waals surface area contributed by atoms with Crippen molar-refractivity contribution in [3.8, 4) is 0 Å². The number of hydrogen-bond donors (Lipinski definition) is 2. The number of nitrogens with zero attached hydrogens (tertiary/aromatic N) is 1. The molecule has 0 aliphatic rings. The fraction of sp³-hybridized carbons (Fsp3) is 0.333. The number of amides is 1. The van der Waals surface area contributed by atoms with Crippen molar-refractivity contribution in [2.24, 2.45) is 0 Å². The highest BCUT2D eigenvalue weighted by Gasteiger charge is 2.34. The summed E-state index contributed by atoms with van der Waals surface area (Å²) in [7, 11) is 0. The maximum absolute atomic E-state index is 11.8. The zero-order valence-corrected chi connectivity index (χ0v) is 14.2. The van der Waals surface area contributed by atoms with Crippen LogP contribution in [0.2, 0.25) is 0 Å². The number of fused-ring (bicyclic) bond motifs is 1. The van der Waals surface area contributed by atoms with Gasteiger partial charge in [-0.1, -0.05) is 59.9 Å². The van der Waals surface area contributed by atoms with Crippen molar-refractivity contribution >= 4 is 57.3 Å². The lowest BCUT2D eigenvalue weighted by atomic mass is 10.2. The third-order valence-corrected chi connectivity index (χ3v) is 3.70. The van der Waals surface area contributed by atoms with Gasteiger partial charge in [0.25, 0.3) is 0 Å². The first-order chi connectivity index (χ1) is 10.4. The van der Waals surface area contributed by atoms with E-state index in [9.17, 15) is 4.79 Å². The topological polar surface area (TPSA) is 54.0 Å². The van der Waals surface area contributed by atoms with E-state index in [2.05, 4.69) is 15.6 Å². The molecular formula is C15H16Cl3N3O. The number of alkyl halides is 3. The van der Waals surface area contributed by atoms with Gasteiger partial charge < -0.3 is 10.6 Å². The SMILES string of the molecule is CCCC(=O)N[C@H](Nc1cccc2cccnc12)C(Cl)(Cl)Cl. The van der Waals surface area contributed by atoms with Gasteiger partial charge in [-0.2, -0.15) is 0 Å². The lowest BCUT2D eigenvalue weighted by molar-refractivity contribution is -0.121. The fourth-order valence-electron chi connectivity index (χ4n) is 2.04. The molecule has 2 aromatic rings. The summed E-state index contributed by atoms with van der Waals surface area (Å²) in [5, 5.41) is 6.71. The number of rotatable bonds is 5. The lowest BCUT2D eigenvalue weighted by Crippen LogP contribution is -2.49. The summed E-state index contributed by atoms with van der Waals surface area (Å²) < 4.78 is -1.69. The van der Waals surface area contributed by atoms with Crippen LogP contribution in [0, 0.1) is 0 Å². The summed E-state index contributed by atoms with van der Waals surface area (Å²) in [4.78, 5) is 16.1. The molecule has 1 heterocycles. The van der Waals surface area contributed by atoms with Crippen LogP contribution in [0.5, 0.6) is 0 Å². The lowest BCUT2D eigenvalue weighted by Gasteiger charge is -2.27. The maximum atomic E-state index is 11.8. The second-order valence-corrected chi connectivity index (χ2v) is 7.19. The van der Waals surface area contributed by atoms with Gasteiger partial charge in [-0.15, -0.1) is 0 Å². The molecule has 4 nitrogen and oxygen atoms in total. The van der Waals surface area contributed by atoms with Crippen molar-refractivity contribution in [2.75, 3.05) is 5.32 Å². The molecule has 1 aromatic carbocycles. The van der Waals surface area contributed by atoms with Crippen LogP contribution in [-0.2, 0) is 4.79 Å². The predicted octanol–water partition coefficient (Wildman–Crippen LogP) is 4.26. The van der Waals surface area contributed by atoms with Crippen molar-refractivity contribution in [1.82, 2.24) is 10.3 Å². The summed E-state index contributed by atoms with van der Waals surface area (Å²) in [6, 6.07) is 9.42. The van der Waals surface area contributed by atoms with Crippen LogP contribution in [0.25, 0.3) is 10.9 Å². The normalized spacial score (nSPS) is 12.9. The number of halogens is 3. The molecule has 118 valence electrons. The zero-order valence-electron chi connectivity index (χ0n) is 11.9. The Morgan fingerprint density at radius 3 is 2.68 bits per heavy atom. The maximum Gasteiger partial charge on any atom is 0.228 e. The monoisotopic (exact) mass is 359 g/mol. The first-order valence-electron chi connectivity index (χ1n) is 6.88. The molecule has 0 radical (unpaired) electrons. The first kappa shape index (κ1) is 17.1. The summed E-state index contributed by atoms with van der Waals surface area (Å²) in [6.45, 7) is 1.91. The fourth-order valence-corrected chi connectivity index (χ4v) is 2.36. The quantitative estimate of drug-likeness (QED) is 0.619. The van der Waals surface area contributed by atoms with Gasteiger partial charge in [-0.05, 0) is 18.6 Å². The van der Waals surface area contributed by atoms with Gasteiger partial charge in [0.2, 0.25) is 9.70 Å². The van der Waals surface area contributed by atoms with Gasteiger partial charge in [-0.25, -0.2) is 0 Å². The predicted molar refractivity (Wildman–Crippen MR) is 92.5 cm³/mol. The molecule has 0 aliphatic heterocycles. The molecule has 2 N–H and O–H groups in total. The Balaban J connectivity index is 2.27. The number of hydrogen-bond acceptors (Lipinski definition) is 3. The molecule has 0 bridgehead atoms. The minimum absolute atomic E-state index is 0.181. The average molecular weight is 361 g/mol. The zero-order chi connectivity index (χ0) is 16.2. The van der Waals surface area contributed by atoms with Crippen molar-refractivity contribution in [2.45, 2.75) is 29.7 Å². The molecule has 0 fully saturated rings. The molecule has 0 spiro atoms. The Hall–Kier alpha value is -1.23. The van der Waals surface area contributed by atoms with Crippen molar-refractivity contribution in [3.05, 3.63) is 36.5 Å². The summed E-state index contributed by atoms with van der Waals surface area (Å²) in [5.41, 5.74) is 1.43. The van der Waals surface area contributed by atoms with Crippen LogP contribution in [0.1, 0.15) is 19.8 Å². The second kappa shape index (κ2) is 7.36. The summed E-state index contributed by atoms with van der Waals surface area (Å²) in [5.74, 6) is -0.181. The molecule has 2 rings (SSSR count). The Morgan fingerprint density at radius 2 is 2.00 bits per heavy atom. The summed E-state index contributed by atoms with van der Waals surface area (Å²) in [6.07, 6.45) is 1.92. The third kappa shape index (κ3) is 4.38. The van der Waals surface area contributed by atoms with Gasteiger partial charge in [0, 0.05) is 18.0 Å². The van der Waals surface area contributed by atoms with Gasteiger partial charge >= 0.3 is 0 Å². The van der Waals surface area contributed by atoms with Gasteiger partial charge in [0.05, 0.1) is 11.2 Å². The number of carbonyl (C=O) groups excluding carboxylic acids is 1. The van der Waals surface area contributed by atoms with Crippen LogP contribution in [0.4, 0.5) is 5.69 Å². The van der Waals surface area contributed by atoms with Gasteiger partial charge in [0.1, 0.15) is 6.17 Å². The van der Waals surface area contributed by atoms with E-state index in [0.717, 1.165) is 10.9 Å². The summed E-state index contributed by atoms with van der Waals surface area (Å²) >= 11 is 17.9. The number of para-hydroxylation sites is 1. The van der Waals surface area contributed by atoms with E-state index in [-0.39, 0.29) is 5.91 Å². The highest BCUT2D eigenvalue weighted by Crippen LogP contribution is 2.32. The van der Waals surface area contributed by atoms with Gasteiger partial charge in [0.15, 0.2) is 0 Å². The Bertz CT molecular complexity index is 653.